The molecule has 4 heterocycles. The Morgan fingerprint density at radius 3 is 2.50 bits per heavy atom. The lowest BCUT2D eigenvalue weighted by atomic mass is 9.62. The van der Waals surface area contributed by atoms with Crippen molar-refractivity contribution in [1.82, 2.24) is 9.47 Å². The topological polar surface area (TPSA) is 8.17 Å². The molecule has 0 aromatic carbocycles. The van der Waals surface area contributed by atoms with Crippen molar-refractivity contribution in [3.8, 4) is 0 Å². The summed E-state index contributed by atoms with van der Waals surface area (Å²) in [6.45, 7) is 7.52. The van der Waals surface area contributed by atoms with Gasteiger partial charge in [-0.25, -0.2) is 0 Å². The van der Waals surface area contributed by atoms with Gasteiger partial charge in [0.25, 0.3) is 0 Å². The molecule has 1 aromatic heterocycles. The average Bonchev–Trinajstić information content (AvgIpc) is 2.65. The highest BCUT2D eigenvalue weighted by Gasteiger charge is 2.48. The second kappa shape index (κ2) is 3.36. The van der Waals surface area contributed by atoms with Crippen molar-refractivity contribution in [2.45, 2.75) is 38.6 Å². The van der Waals surface area contributed by atoms with Crippen LogP contribution in [0.5, 0.6) is 0 Å². The van der Waals surface area contributed by atoms with Crippen LogP contribution in [0.2, 0.25) is 0 Å². The van der Waals surface area contributed by atoms with Gasteiger partial charge >= 0.3 is 0 Å². The zero-order valence-corrected chi connectivity index (χ0v) is 10.6. The summed E-state index contributed by atoms with van der Waals surface area (Å²) in [5.74, 6) is 0.718. The molecule has 2 unspecified atom stereocenters. The first-order chi connectivity index (χ1) is 7.62. The van der Waals surface area contributed by atoms with Crippen LogP contribution >= 0.6 is 0 Å². The zero-order chi connectivity index (χ0) is 11.3. The maximum Gasteiger partial charge on any atom is 0.0223 e. The normalized spacial score (nSPS) is 42.6. The van der Waals surface area contributed by atoms with E-state index in [-0.39, 0.29) is 0 Å². The van der Waals surface area contributed by atoms with E-state index < -0.39 is 0 Å². The summed E-state index contributed by atoms with van der Waals surface area (Å²) in [4.78, 5) is 2.67. The monoisotopic (exact) mass is 218 g/mol. The zero-order valence-electron chi connectivity index (χ0n) is 10.6. The van der Waals surface area contributed by atoms with E-state index in [1.165, 1.54) is 31.6 Å². The molecule has 3 aliphatic heterocycles. The van der Waals surface area contributed by atoms with Gasteiger partial charge in [0.05, 0.1) is 0 Å². The summed E-state index contributed by atoms with van der Waals surface area (Å²) in [5, 5.41) is 0. The number of piperidine rings is 3. The Kier molecular flexibility index (Phi) is 2.19. The third-order valence-corrected chi connectivity index (χ3v) is 5.05. The van der Waals surface area contributed by atoms with Gasteiger partial charge in [-0.2, -0.15) is 0 Å². The van der Waals surface area contributed by atoms with Gasteiger partial charge in [0.2, 0.25) is 0 Å². The molecule has 0 N–H and O–H groups in total. The lowest BCUT2D eigenvalue weighted by Gasteiger charge is -2.56. The van der Waals surface area contributed by atoms with Crippen molar-refractivity contribution in [3.05, 3.63) is 24.0 Å². The highest BCUT2D eigenvalue weighted by atomic mass is 15.2. The van der Waals surface area contributed by atoms with Crippen molar-refractivity contribution in [2.24, 2.45) is 12.5 Å². The fourth-order valence-corrected chi connectivity index (χ4v) is 3.95. The van der Waals surface area contributed by atoms with Gasteiger partial charge < -0.3 is 4.57 Å². The number of fused-ring (bicyclic) bond motifs is 3. The molecule has 2 bridgehead atoms. The van der Waals surface area contributed by atoms with Gasteiger partial charge in [-0.15, -0.1) is 0 Å². The number of nitrogens with zero attached hydrogens (tertiary/aromatic N) is 2. The molecule has 3 aliphatic rings. The lowest BCUT2D eigenvalue weighted by Crippen LogP contribution is -2.57. The third-order valence-electron chi connectivity index (χ3n) is 5.05. The molecule has 3 saturated heterocycles. The molecule has 0 aliphatic carbocycles. The second-order valence-electron chi connectivity index (χ2n) is 5.95. The Morgan fingerprint density at radius 2 is 2.00 bits per heavy atom. The number of hydrogen-bond acceptors (Lipinski definition) is 1. The molecular formula is C14H22N2. The van der Waals surface area contributed by atoms with E-state index in [0.29, 0.717) is 11.5 Å². The van der Waals surface area contributed by atoms with Crippen LogP contribution in [0.4, 0.5) is 0 Å². The molecule has 0 radical (unpaired) electrons. The summed E-state index contributed by atoms with van der Waals surface area (Å²) in [7, 11) is 2.18. The van der Waals surface area contributed by atoms with Gasteiger partial charge in [-0.05, 0) is 50.4 Å². The number of rotatable bonds is 1. The van der Waals surface area contributed by atoms with Crippen molar-refractivity contribution in [3.63, 3.8) is 0 Å². The number of aryl methyl sites for hydroxylation is 1. The van der Waals surface area contributed by atoms with Gasteiger partial charge in [0.15, 0.2) is 0 Å². The Labute approximate surface area is 98.2 Å². The Morgan fingerprint density at radius 1 is 1.31 bits per heavy atom. The molecule has 0 spiro atoms. The lowest BCUT2D eigenvalue weighted by molar-refractivity contribution is -0.0291. The minimum Gasteiger partial charge on any atom is -0.354 e. The van der Waals surface area contributed by atoms with E-state index in [2.05, 4.69) is 48.7 Å². The van der Waals surface area contributed by atoms with Crippen molar-refractivity contribution >= 4 is 0 Å². The predicted molar refractivity (Wildman–Crippen MR) is 66.5 cm³/mol. The minimum atomic E-state index is 0.528. The largest absolute Gasteiger partial charge is 0.354 e. The molecule has 2 nitrogen and oxygen atoms in total. The van der Waals surface area contributed by atoms with Crippen LogP contribution < -0.4 is 0 Å². The number of aromatic nitrogens is 1. The van der Waals surface area contributed by atoms with Gasteiger partial charge in [0.1, 0.15) is 0 Å². The van der Waals surface area contributed by atoms with Crippen LogP contribution in [-0.2, 0) is 7.05 Å². The van der Waals surface area contributed by atoms with Crippen molar-refractivity contribution in [2.75, 3.05) is 13.1 Å². The quantitative estimate of drug-likeness (QED) is 0.703. The van der Waals surface area contributed by atoms with E-state index in [1.807, 2.05) is 0 Å². The summed E-state index contributed by atoms with van der Waals surface area (Å²) >= 11 is 0. The Balaban J connectivity index is 2.03. The Hall–Kier alpha value is -0.760. The maximum absolute atomic E-state index is 2.67. The Bertz CT molecular complexity index is 385. The second-order valence-corrected chi connectivity index (χ2v) is 5.95. The fourth-order valence-electron chi connectivity index (χ4n) is 3.95. The van der Waals surface area contributed by atoms with Crippen LogP contribution in [0, 0.1) is 5.41 Å². The molecule has 16 heavy (non-hydrogen) atoms. The average molecular weight is 218 g/mol. The summed E-state index contributed by atoms with van der Waals surface area (Å²) in [6, 6.07) is 5.21. The van der Waals surface area contributed by atoms with E-state index in [1.54, 1.807) is 0 Å². The summed E-state index contributed by atoms with van der Waals surface area (Å²) in [5.41, 5.74) is 2.06. The highest BCUT2D eigenvalue weighted by Crippen LogP contribution is 2.52. The molecule has 0 amide bonds. The van der Waals surface area contributed by atoms with Crippen LogP contribution in [-0.4, -0.2) is 28.6 Å². The predicted octanol–water partition coefficient (Wildman–Crippen LogP) is 2.61. The van der Waals surface area contributed by atoms with E-state index in [0.717, 1.165) is 5.92 Å². The van der Waals surface area contributed by atoms with Crippen LogP contribution in [0.1, 0.15) is 38.3 Å². The maximum atomic E-state index is 2.67. The summed E-state index contributed by atoms with van der Waals surface area (Å²) < 4.78 is 2.31. The minimum absolute atomic E-state index is 0.528. The number of hydrogen-bond donors (Lipinski definition) is 0. The van der Waals surface area contributed by atoms with E-state index in [4.69, 9.17) is 0 Å². The van der Waals surface area contributed by atoms with Crippen LogP contribution in [0.25, 0.3) is 0 Å². The molecule has 0 saturated carbocycles. The molecular weight excluding hydrogens is 196 g/mol. The van der Waals surface area contributed by atoms with Gasteiger partial charge in [0, 0.05) is 30.9 Å². The highest BCUT2D eigenvalue weighted by molar-refractivity contribution is 5.21. The van der Waals surface area contributed by atoms with Gasteiger partial charge in [-0.1, -0.05) is 6.92 Å². The first-order valence-electron chi connectivity index (χ1n) is 6.47. The molecule has 4 rings (SSSR count). The smallest absolute Gasteiger partial charge is 0.0223 e. The fraction of sp³-hybridized carbons (Fsp3) is 0.714. The van der Waals surface area contributed by atoms with Crippen molar-refractivity contribution in [1.29, 1.82) is 0 Å². The van der Waals surface area contributed by atoms with Crippen LogP contribution in [0.3, 0.4) is 0 Å². The van der Waals surface area contributed by atoms with Crippen molar-refractivity contribution < 1.29 is 0 Å². The van der Waals surface area contributed by atoms with Crippen LogP contribution in [0.15, 0.2) is 18.3 Å². The SMILES string of the molecule is CC1C(c2cccn2C)C2(C)CCN1CC2. The van der Waals surface area contributed by atoms with E-state index >= 15 is 0 Å². The summed E-state index contributed by atoms with van der Waals surface area (Å²) in [6.07, 6.45) is 4.92. The molecule has 2 heteroatoms. The molecule has 88 valence electrons. The first kappa shape index (κ1) is 10.4. The molecule has 1 aromatic rings. The third kappa shape index (κ3) is 1.29. The van der Waals surface area contributed by atoms with Gasteiger partial charge in [-0.3, -0.25) is 4.90 Å². The molecule has 3 fully saturated rings. The first-order valence-corrected chi connectivity index (χ1v) is 6.47. The standard InChI is InChI=1S/C14H22N2/c1-11-13(12-5-4-8-15(12)3)14(2)6-9-16(11)10-7-14/h4-5,8,11,13H,6-7,9-10H2,1-3H3. The molecule has 2 atom stereocenters. The van der Waals surface area contributed by atoms with E-state index in [9.17, 15) is 0 Å².